The minimum absolute atomic E-state index is 0.0101. The van der Waals surface area contributed by atoms with E-state index in [1.807, 2.05) is 6.92 Å². The lowest BCUT2D eigenvalue weighted by molar-refractivity contribution is 0.367. The minimum atomic E-state index is -3.81. The second-order valence-electron chi connectivity index (χ2n) is 5.10. The Morgan fingerprint density at radius 1 is 1.35 bits per heavy atom. The number of rotatable bonds is 5. The topological polar surface area (TPSA) is 94.3 Å². The molecule has 0 radical (unpaired) electrons. The van der Waals surface area contributed by atoms with E-state index in [0.717, 1.165) is 11.1 Å². The lowest BCUT2D eigenvalue weighted by Gasteiger charge is -2.14. The van der Waals surface area contributed by atoms with Crippen molar-refractivity contribution in [2.75, 3.05) is 12.4 Å². The van der Waals surface area contributed by atoms with E-state index < -0.39 is 15.8 Å². The van der Waals surface area contributed by atoms with Crippen molar-refractivity contribution in [1.82, 2.24) is 4.98 Å². The molecule has 0 saturated carbocycles. The van der Waals surface area contributed by atoms with Crippen LogP contribution in [0.4, 0.5) is 10.1 Å². The van der Waals surface area contributed by atoms with Gasteiger partial charge in [0.2, 0.25) is 15.9 Å². The fourth-order valence-corrected chi connectivity index (χ4v) is 2.73. The molecule has 1 aromatic heterocycles. The highest BCUT2D eigenvalue weighted by Crippen LogP contribution is 2.25. The fourth-order valence-electron chi connectivity index (χ4n) is 2.11. The number of hydrogen-bond donors (Lipinski definition) is 2. The van der Waals surface area contributed by atoms with Crippen molar-refractivity contribution in [2.24, 2.45) is 5.14 Å². The first-order chi connectivity index (χ1) is 10.7. The highest BCUT2D eigenvalue weighted by Gasteiger charge is 2.14. The first-order valence-electron chi connectivity index (χ1n) is 6.79. The van der Waals surface area contributed by atoms with E-state index in [4.69, 9.17) is 9.88 Å². The van der Waals surface area contributed by atoms with E-state index in [9.17, 15) is 12.8 Å². The van der Waals surface area contributed by atoms with Crippen LogP contribution in [0, 0.1) is 19.7 Å². The summed E-state index contributed by atoms with van der Waals surface area (Å²) in [4.78, 5) is 3.78. The van der Waals surface area contributed by atoms with Crippen LogP contribution < -0.4 is 15.2 Å². The van der Waals surface area contributed by atoms with Gasteiger partial charge in [0.15, 0.2) is 5.82 Å². The number of ether oxygens (including phenoxy) is 1. The van der Waals surface area contributed by atoms with Crippen LogP contribution in [0.1, 0.15) is 16.7 Å². The van der Waals surface area contributed by atoms with Gasteiger partial charge >= 0.3 is 0 Å². The summed E-state index contributed by atoms with van der Waals surface area (Å²) in [5, 5.41) is 8.20. The van der Waals surface area contributed by atoms with Crippen molar-refractivity contribution in [3.63, 3.8) is 0 Å². The number of aromatic nitrogens is 1. The summed E-state index contributed by atoms with van der Waals surface area (Å²) in [6, 6.07) is 4.47. The number of benzene rings is 1. The molecule has 0 aliphatic heterocycles. The van der Waals surface area contributed by atoms with Gasteiger partial charge in [-0.3, -0.25) is 0 Å². The van der Waals surface area contributed by atoms with E-state index >= 15 is 0 Å². The van der Waals surface area contributed by atoms with Gasteiger partial charge in [-0.25, -0.2) is 22.9 Å². The zero-order valence-electron chi connectivity index (χ0n) is 13.1. The third-order valence-electron chi connectivity index (χ3n) is 3.57. The Bertz CT molecular complexity index is 838. The monoisotopic (exact) mass is 339 g/mol. The molecule has 1 heterocycles. The normalized spacial score (nSPS) is 11.3. The Kier molecular flexibility index (Phi) is 4.86. The van der Waals surface area contributed by atoms with Gasteiger partial charge in [-0.05, 0) is 43.2 Å². The lowest BCUT2D eigenvalue weighted by Crippen LogP contribution is -2.14. The number of pyridine rings is 1. The number of hydrogen-bond acceptors (Lipinski definition) is 5. The van der Waals surface area contributed by atoms with Crippen molar-refractivity contribution < 1.29 is 17.5 Å². The second kappa shape index (κ2) is 6.51. The van der Waals surface area contributed by atoms with E-state index in [0.29, 0.717) is 11.3 Å². The van der Waals surface area contributed by atoms with Crippen LogP contribution in [-0.2, 0) is 16.6 Å². The average molecular weight is 339 g/mol. The molecule has 2 rings (SSSR count). The van der Waals surface area contributed by atoms with Crippen LogP contribution >= 0.6 is 0 Å². The summed E-state index contributed by atoms with van der Waals surface area (Å²) in [5.41, 5.74) is 2.56. The van der Waals surface area contributed by atoms with Gasteiger partial charge in [0.25, 0.3) is 0 Å². The highest BCUT2D eigenvalue weighted by atomic mass is 32.2. The quantitative estimate of drug-likeness (QED) is 0.870. The molecular formula is C15H18FN3O3S. The van der Waals surface area contributed by atoms with Crippen molar-refractivity contribution in [2.45, 2.75) is 25.3 Å². The number of halogens is 1. The molecule has 3 N–H and O–H groups in total. The molecule has 23 heavy (non-hydrogen) atoms. The molecule has 0 bridgehead atoms. The van der Waals surface area contributed by atoms with E-state index in [1.165, 1.54) is 31.5 Å². The summed E-state index contributed by atoms with van der Waals surface area (Å²) in [7, 11) is -2.47. The number of anilines is 1. The maximum atomic E-state index is 14.1. The van der Waals surface area contributed by atoms with Crippen LogP contribution in [0.5, 0.6) is 5.88 Å². The Hall–Kier alpha value is -2.19. The smallest absolute Gasteiger partial charge is 0.250 e. The Balaban J connectivity index is 2.33. The number of sulfonamides is 1. The fraction of sp³-hybridized carbons (Fsp3) is 0.267. The summed E-state index contributed by atoms with van der Waals surface area (Å²) < 4.78 is 42.0. The van der Waals surface area contributed by atoms with Gasteiger partial charge in [0.05, 0.1) is 12.0 Å². The third kappa shape index (κ3) is 3.77. The predicted molar refractivity (Wildman–Crippen MR) is 85.4 cm³/mol. The van der Waals surface area contributed by atoms with Gasteiger partial charge in [-0.2, -0.15) is 0 Å². The molecule has 0 amide bonds. The van der Waals surface area contributed by atoms with Crippen molar-refractivity contribution >= 4 is 15.7 Å². The number of aryl methyl sites for hydroxylation is 1. The SMILES string of the molecule is COc1nccc(CNc2cc(S(N)(=O)=O)cc(C)c2C)c1F. The van der Waals surface area contributed by atoms with Crippen LogP contribution in [0.3, 0.4) is 0 Å². The predicted octanol–water partition coefficient (Wildman–Crippen LogP) is 2.11. The van der Waals surface area contributed by atoms with Crippen LogP contribution in [0.2, 0.25) is 0 Å². The summed E-state index contributed by atoms with van der Waals surface area (Å²) >= 11 is 0. The molecule has 0 unspecified atom stereocenters. The van der Waals surface area contributed by atoms with Crippen LogP contribution in [-0.4, -0.2) is 20.5 Å². The average Bonchev–Trinajstić information content (AvgIpc) is 2.48. The second-order valence-corrected chi connectivity index (χ2v) is 6.67. The number of nitrogens with one attached hydrogen (secondary N) is 1. The molecule has 0 spiro atoms. The van der Waals surface area contributed by atoms with Gasteiger partial charge in [0.1, 0.15) is 0 Å². The van der Waals surface area contributed by atoms with E-state index in [1.54, 1.807) is 6.92 Å². The summed E-state index contributed by atoms with van der Waals surface area (Å²) in [6.07, 6.45) is 1.44. The molecule has 6 nitrogen and oxygen atoms in total. The maximum absolute atomic E-state index is 14.1. The largest absolute Gasteiger partial charge is 0.479 e. The number of nitrogens with two attached hydrogens (primary N) is 1. The number of primary sulfonamides is 1. The Labute approximate surface area is 134 Å². The highest BCUT2D eigenvalue weighted by molar-refractivity contribution is 7.89. The molecule has 0 atom stereocenters. The van der Waals surface area contributed by atoms with Gasteiger partial charge < -0.3 is 10.1 Å². The molecule has 124 valence electrons. The van der Waals surface area contributed by atoms with Gasteiger partial charge in [-0.15, -0.1) is 0 Å². The van der Waals surface area contributed by atoms with Crippen molar-refractivity contribution in [1.29, 1.82) is 0 Å². The first kappa shape index (κ1) is 17.2. The van der Waals surface area contributed by atoms with E-state index in [-0.39, 0.29) is 17.3 Å². The number of nitrogens with zero attached hydrogens (tertiary/aromatic N) is 1. The Morgan fingerprint density at radius 3 is 2.65 bits per heavy atom. The van der Waals surface area contributed by atoms with Crippen LogP contribution in [0.25, 0.3) is 0 Å². The molecule has 1 aromatic carbocycles. The number of methoxy groups -OCH3 is 1. The maximum Gasteiger partial charge on any atom is 0.250 e. The first-order valence-corrected chi connectivity index (χ1v) is 8.34. The van der Waals surface area contributed by atoms with E-state index in [2.05, 4.69) is 10.3 Å². The van der Waals surface area contributed by atoms with Crippen molar-refractivity contribution in [3.05, 3.63) is 46.9 Å². The van der Waals surface area contributed by atoms with Gasteiger partial charge in [-0.1, -0.05) is 0 Å². The Morgan fingerprint density at radius 2 is 2.04 bits per heavy atom. The summed E-state index contributed by atoms with van der Waals surface area (Å²) in [6.45, 7) is 3.78. The lowest BCUT2D eigenvalue weighted by atomic mass is 10.1. The third-order valence-corrected chi connectivity index (χ3v) is 4.46. The van der Waals surface area contributed by atoms with Crippen molar-refractivity contribution in [3.8, 4) is 5.88 Å². The molecular weight excluding hydrogens is 321 g/mol. The van der Waals surface area contributed by atoms with Crippen LogP contribution in [0.15, 0.2) is 29.3 Å². The molecule has 8 heteroatoms. The molecule has 0 fully saturated rings. The molecule has 0 aliphatic carbocycles. The van der Waals surface area contributed by atoms with Gasteiger partial charge in [0, 0.05) is 24.0 Å². The summed E-state index contributed by atoms with van der Waals surface area (Å²) in [5.74, 6) is -0.644. The standard InChI is InChI=1S/C15H18FN3O3S/c1-9-6-12(23(17,20)21)7-13(10(9)2)19-8-11-4-5-18-15(22-3)14(11)16/h4-7,19H,8H2,1-3H3,(H2,17,20,21). The molecule has 0 aliphatic rings. The molecule has 0 saturated heterocycles. The zero-order chi connectivity index (χ0) is 17.2. The zero-order valence-corrected chi connectivity index (χ0v) is 13.9. The minimum Gasteiger partial charge on any atom is -0.479 e. The molecule has 2 aromatic rings.